The lowest BCUT2D eigenvalue weighted by atomic mass is 10.2. The molecule has 3 aromatic carbocycles. The fourth-order valence-corrected chi connectivity index (χ4v) is 3.15. The molecule has 0 aliphatic heterocycles. The van der Waals surface area contributed by atoms with E-state index in [2.05, 4.69) is 9.93 Å². The standard InChI is InChI=1S/C20H17ClN2O3S/c21-18-8-12-20(13-9-18)27(24,25)23-22-14-16-6-10-19(11-7-16)26-15-17-4-2-1-3-5-17/h1-14,23H,15H2/b22-14-. The zero-order valence-electron chi connectivity index (χ0n) is 14.2. The van der Waals surface area contributed by atoms with Crippen molar-refractivity contribution in [2.24, 2.45) is 5.10 Å². The Hall–Kier alpha value is -2.83. The third-order valence-electron chi connectivity index (χ3n) is 3.64. The monoisotopic (exact) mass is 400 g/mol. The van der Waals surface area contributed by atoms with E-state index >= 15 is 0 Å². The van der Waals surface area contributed by atoms with Crippen LogP contribution in [0.4, 0.5) is 0 Å². The summed E-state index contributed by atoms with van der Waals surface area (Å²) in [6.45, 7) is 0.481. The van der Waals surface area contributed by atoms with Crippen molar-refractivity contribution in [3.05, 3.63) is 95.0 Å². The van der Waals surface area contributed by atoms with Gasteiger partial charge in [-0.3, -0.25) is 0 Å². The van der Waals surface area contributed by atoms with E-state index in [0.717, 1.165) is 16.9 Å². The number of benzene rings is 3. The van der Waals surface area contributed by atoms with Crippen LogP contribution in [0, 0.1) is 0 Å². The van der Waals surface area contributed by atoms with Crippen LogP contribution in [0.25, 0.3) is 0 Å². The molecule has 27 heavy (non-hydrogen) atoms. The maximum atomic E-state index is 12.1. The normalized spacial score (nSPS) is 11.4. The minimum Gasteiger partial charge on any atom is -0.489 e. The molecule has 138 valence electrons. The average molecular weight is 401 g/mol. The average Bonchev–Trinajstić information content (AvgIpc) is 2.68. The van der Waals surface area contributed by atoms with Crippen LogP contribution in [0.15, 0.2) is 88.9 Å². The van der Waals surface area contributed by atoms with Crippen molar-refractivity contribution in [3.8, 4) is 5.75 Å². The van der Waals surface area contributed by atoms with Gasteiger partial charge in [-0.1, -0.05) is 41.9 Å². The van der Waals surface area contributed by atoms with Gasteiger partial charge in [0.2, 0.25) is 0 Å². The number of halogens is 1. The van der Waals surface area contributed by atoms with E-state index in [4.69, 9.17) is 16.3 Å². The second-order valence-electron chi connectivity index (χ2n) is 5.65. The predicted octanol–water partition coefficient (Wildman–Crippen LogP) is 4.23. The van der Waals surface area contributed by atoms with Gasteiger partial charge in [0, 0.05) is 5.02 Å². The number of hydrazone groups is 1. The van der Waals surface area contributed by atoms with Crippen LogP contribution in [-0.2, 0) is 16.6 Å². The van der Waals surface area contributed by atoms with E-state index in [1.807, 2.05) is 30.3 Å². The summed E-state index contributed by atoms with van der Waals surface area (Å²) in [7, 11) is -3.73. The molecule has 7 heteroatoms. The van der Waals surface area contributed by atoms with Crippen LogP contribution in [0.3, 0.4) is 0 Å². The summed E-state index contributed by atoms with van der Waals surface area (Å²) in [5.74, 6) is 0.720. The highest BCUT2D eigenvalue weighted by Gasteiger charge is 2.11. The van der Waals surface area contributed by atoms with Crippen molar-refractivity contribution in [3.63, 3.8) is 0 Å². The maximum absolute atomic E-state index is 12.1. The number of nitrogens with one attached hydrogen (secondary N) is 1. The van der Waals surface area contributed by atoms with Crippen molar-refractivity contribution in [2.75, 3.05) is 0 Å². The lowest BCUT2D eigenvalue weighted by molar-refractivity contribution is 0.306. The molecule has 0 fully saturated rings. The summed E-state index contributed by atoms with van der Waals surface area (Å²) in [6, 6.07) is 22.9. The molecule has 3 rings (SSSR count). The second-order valence-corrected chi connectivity index (χ2v) is 7.75. The molecule has 0 spiro atoms. The summed E-state index contributed by atoms with van der Waals surface area (Å²) in [4.78, 5) is 2.26. The third kappa shape index (κ3) is 5.57. The Morgan fingerprint density at radius 2 is 1.59 bits per heavy atom. The van der Waals surface area contributed by atoms with Gasteiger partial charge in [-0.2, -0.15) is 13.5 Å². The number of sulfonamides is 1. The van der Waals surface area contributed by atoms with E-state index in [9.17, 15) is 8.42 Å². The molecule has 3 aromatic rings. The first-order chi connectivity index (χ1) is 13.0. The Kier molecular flexibility index (Phi) is 6.11. The van der Waals surface area contributed by atoms with Gasteiger partial charge in [0.1, 0.15) is 12.4 Å². The molecular weight excluding hydrogens is 384 g/mol. The van der Waals surface area contributed by atoms with E-state index < -0.39 is 10.0 Å². The van der Waals surface area contributed by atoms with Crippen LogP contribution < -0.4 is 9.57 Å². The highest BCUT2D eigenvalue weighted by Crippen LogP contribution is 2.15. The van der Waals surface area contributed by atoms with E-state index in [1.165, 1.54) is 30.5 Å². The van der Waals surface area contributed by atoms with Crippen molar-refractivity contribution < 1.29 is 13.2 Å². The van der Waals surface area contributed by atoms with Crippen molar-refractivity contribution in [2.45, 2.75) is 11.5 Å². The van der Waals surface area contributed by atoms with Crippen LogP contribution in [0.1, 0.15) is 11.1 Å². The Balaban J connectivity index is 1.56. The first kappa shape index (κ1) is 18.9. The zero-order chi connectivity index (χ0) is 19.1. The maximum Gasteiger partial charge on any atom is 0.276 e. The molecule has 0 heterocycles. The predicted molar refractivity (Wildman–Crippen MR) is 107 cm³/mol. The highest BCUT2D eigenvalue weighted by atomic mass is 35.5. The molecule has 5 nitrogen and oxygen atoms in total. The Morgan fingerprint density at radius 3 is 2.26 bits per heavy atom. The minimum atomic E-state index is -3.73. The number of hydrogen-bond donors (Lipinski definition) is 1. The molecule has 0 saturated carbocycles. The number of nitrogens with zero attached hydrogens (tertiary/aromatic N) is 1. The third-order valence-corrected chi connectivity index (χ3v) is 5.13. The van der Waals surface area contributed by atoms with Gasteiger partial charge in [-0.05, 0) is 59.7 Å². The number of rotatable bonds is 7. The molecule has 1 N–H and O–H groups in total. The van der Waals surface area contributed by atoms with Crippen LogP contribution >= 0.6 is 11.6 Å². The van der Waals surface area contributed by atoms with Gasteiger partial charge in [-0.15, -0.1) is 0 Å². The SMILES string of the molecule is O=S(=O)(N/N=C\c1ccc(OCc2ccccc2)cc1)c1ccc(Cl)cc1. The fourth-order valence-electron chi connectivity index (χ4n) is 2.23. The molecule has 0 atom stereocenters. The summed E-state index contributed by atoms with van der Waals surface area (Å²) in [5, 5.41) is 4.26. The van der Waals surface area contributed by atoms with Crippen LogP contribution in [0.5, 0.6) is 5.75 Å². The quantitative estimate of drug-likeness (QED) is 0.476. The first-order valence-electron chi connectivity index (χ1n) is 8.10. The van der Waals surface area contributed by atoms with Gasteiger partial charge >= 0.3 is 0 Å². The molecular formula is C20H17ClN2O3S. The van der Waals surface area contributed by atoms with E-state index in [1.54, 1.807) is 24.3 Å². The molecule has 0 aromatic heterocycles. The Morgan fingerprint density at radius 1 is 0.926 bits per heavy atom. The summed E-state index contributed by atoms with van der Waals surface area (Å²) >= 11 is 5.76. The van der Waals surface area contributed by atoms with Crippen LogP contribution in [-0.4, -0.2) is 14.6 Å². The molecule has 0 aliphatic rings. The van der Waals surface area contributed by atoms with Crippen LogP contribution in [0.2, 0.25) is 5.02 Å². The molecule has 0 radical (unpaired) electrons. The topological polar surface area (TPSA) is 67.8 Å². The molecule has 0 aliphatic carbocycles. The van der Waals surface area contributed by atoms with Crippen molar-refractivity contribution in [1.29, 1.82) is 0 Å². The highest BCUT2D eigenvalue weighted by molar-refractivity contribution is 7.89. The smallest absolute Gasteiger partial charge is 0.276 e. The van der Waals surface area contributed by atoms with Gasteiger partial charge in [-0.25, -0.2) is 4.83 Å². The summed E-state index contributed by atoms with van der Waals surface area (Å²) in [6.07, 6.45) is 1.43. The van der Waals surface area contributed by atoms with Gasteiger partial charge in [0.05, 0.1) is 11.1 Å². The summed E-state index contributed by atoms with van der Waals surface area (Å²) in [5.41, 5.74) is 1.82. The second kappa shape index (κ2) is 8.70. The Bertz CT molecular complexity index is 1000. The number of ether oxygens (including phenoxy) is 1. The zero-order valence-corrected chi connectivity index (χ0v) is 15.8. The lowest BCUT2D eigenvalue weighted by Gasteiger charge is -2.06. The van der Waals surface area contributed by atoms with Gasteiger partial charge in [0.15, 0.2) is 0 Å². The molecule has 0 bridgehead atoms. The first-order valence-corrected chi connectivity index (χ1v) is 9.96. The Labute approximate surface area is 163 Å². The van der Waals surface area contributed by atoms with Crippen molar-refractivity contribution >= 4 is 27.8 Å². The minimum absolute atomic E-state index is 0.0914. The number of hydrogen-bond acceptors (Lipinski definition) is 4. The van der Waals surface area contributed by atoms with Crippen molar-refractivity contribution in [1.82, 2.24) is 4.83 Å². The van der Waals surface area contributed by atoms with E-state index in [-0.39, 0.29) is 4.90 Å². The molecule has 0 unspecified atom stereocenters. The molecule has 0 amide bonds. The molecule has 0 saturated heterocycles. The van der Waals surface area contributed by atoms with E-state index in [0.29, 0.717) is 11.6 Å². The van der Waals surface area contributed by atoms with Gasteiger partial charge < -0.3 is 4.74 Å². The fraction of sp³-hybridized carbons (Fsp3) is 0.0500. The lowest BCUT2D eigenvalue weighted by Crippen LogP contribution is -2.18. The van der Waals surface area contributed by atoms with Gasteiger partial charge in [0.25, 0.3) is 10.0 Å². The summed E-state index contributed by atoms with van der Waals surface area (Å²) < 4.78 is 29.9. The largest absolute Gasteiger partial charge is 0.489 e.